The first-order chi connectivity index (χ1) is 7.20. The molecule has 0 N–H and O–H groups in total. The lowest BCUT2D eigenvalue weighted by molar-refractivity contribution is 0.166. The van der Waals surface area contributed by atoms with Crippen molar-refractivity contribution in [3.8, 4) is 0 Å². The molecular weight excluding hydrogens is 182 g/mol. The number of hydrogen-bond acceptors (Lipinski definition) is 1. The molecule has 1 fully saturated rings. The van der Waals surface area contributed by atoms with Crippen LogP contribution in [0.4, 0.5) is 0 Å². The Bertz CT molecular complexity index is 304. The zero-order valence-corrected chi connectivity index (χ0v) is 10.2. The van der Waals surface area contributed by atoms with Gasteiger partial charge in [0.2, 0.25) is 0 Å². The first-order valence-electron chi connectivity index (χ1n) is 6.66. The predicted octanol–water partition coefficient (Wildman–Crippen LogP) is 3.36. The molecule has 15 heavy (non-hydrogen) atoms. The number of rotatable bonds is 0. The summed E-state index contributed by atoms with van der Waals surface area (Å²) in [4.78, 5) is 2.77. The molecule has 1 heteroatoms. The fourth-order valence-corrected chi connectivity index (χ4v) is 4.27. The van der Waals surface area contributed by atoms with Crippen molar-refractivity contribution < 1.29 is 0 Å². The lowest BCUT2D eigenvalue weighted by Gasteiger charge is -2.45. The van der Waals surface area contributed by atoms with Crippen LogP contribution >= 0.6 is 0 Å². The molecule has 84 valence electrons. The van der Waals surface area contributed by atoms with Crippen LogP contribution in [-0.4, -0.2) is 23.5 Å². The fraction of sp³-hybridized carbons (Fsp3) is 0.857. The van der Waals surface area contributed by atoms with Crippen LogP contribution in [-0.2, 0) is 0 Å². The van der Waals surface area contributed by atoms with E-state index in [1.807, 2.05) is 11.1 Å². The minimum atomic E-state index is 0.466. The summed E-state index contributed by atoms with van der Waals surface area (Å²) in [5.74, 6) is 0.906. The van der Waals surface area contributed by atoms with Gasteiger partial charge in [0, 0.05) is 18.6 Å². The maximum absolute atomic E-state index is 2.77. The zero-order valence-electron chi connectivity index (χ0n) is 10.2. The summed E-state index contributed by atoms with van der Waals surface area (Å²) >= 11 is 0. The summed E-state index contributed by atoms with van der Waals surface area (Å²) in [6, 6.07) is 0. The third-order valence-corrected chi connectivity index (χ3v) is 4.89. The van der Waals surface area contributed by atoms with Crippen LogP contribution in [0.2, 0.25) is 0 Å². The van der Waals surface area contributed by atoms with Gasteiger partial charge in [0.1, 0.15) is 0 Å². The van der Waals surface area contributed by atoms with Crippen LogP contribution in [0.3, 0.4) is 0 Å². The fourth-order valence-electron chi connectivity index (χ4n) is 4.27. The van der Waals surface area contributed by atoms with Gasteiger partial charge < -0.3 is 0 Å². The second-order valence-electron chi connectivity index (χ2n) is 6.07. The minimum absolute atomic E-state index is 0.466. The summed E-state index contributed by atoms with van der Waals surface area (Å²) in [7, 11) is 0. The Labute approximate surface area is 93.5 Å². The third kappa shape index (κ3) is 1.39. The normalized spacial score (nSPS) is 41.6. The molecule has 0 unspecified atom stereocenters. The van der Waals surface area contributed by atoms with Gasteiger partial charge in [-0.2, -0.15) is 0 Å². The van der Waals surface area contributed by atoms with E-state index >= 15 is 0 Å². The van der Waals surface area contributed by atoms with Gasteiger partial charge in [-0.15, -0.1) is 0 Å². The number of hydrogen-bond donors (Lipinski definition) is 0. The average molecular weight is 205 g/mol. The Balaban J connectivity index is 1.99. The number of fused-ring (bicyclic) bond motifs is 2. The first-order valence-corrected chi connectivity index (χ1v) is 6.66. The molecule has 0 spiro atoms. The van der Waals surface area contributed by atoms with E-state index in [4.69, 9.17) is 0 Å². The Kier molecular flexibility index (Phi) is 2.21. The van der Waals surface area contributed by atoms with E-state index in [0.717, 1.165) is 5.92 Å². The van der Waals surface area contributed by atoms with E-state index in [0.29, 0.717) is 5.54 Å². The number of nitrogens with zero attached hydrogens (tertiary/aromatic N) is 1. The van der Waals surface area contributed by atoms with Gasteiger partial charge in [-0.25, -0.2) is 0 Å². The van der Waals surface area contributed by atoms with E-state index in [2.05, 4.69) is 18.7 Å². The van der Waals surface area contributed by atoms with Crippen LogP contribution in [0, 0.1) is 5.92 Å². The van der Waals surface area contributed by atoms with Crippen molar-refractivity contribution in [1.29, 1.82) is 0 Å². The molecule has 2 atom stereocenters. The molecule has 0 radical (unpaired) electrons. The first kappa shape index (κ1) is 9.89. The monoisotopic (exact) mass is 205 g/mol. The molecule has 0 bridgehead atoms. The summed E-state index contributed by atoms with van der Waals surface area (Å²) in [5, 5.41) is 0. The van der Waals surface area contributed by atoms with Crippen molar-refractivity contribution >= 4 is 0 Å². The van der Waals surface area contributed by atoms with Gasteiger partial charge in [-0.3, -0.25) is 4.90 Å². The van der Waals surface area contributed by atoms with E-state index in [-0.39, 0.29) is 0 Å². The van der Waals surface area contributed by atoms with E-state index < -0.39 is 0 Å². The van der Waals surface area contributed by atoms with E-state index in [1.165, 1.54) is 51.6 Å². The maximum Gasteiger partial charge on any atom is 0.0398 e. The maximum atomic E-state index is 2.77. The highest BCUT2D eigenvalue weighted by Gasteiger charge is 2.45. The van der Waals surface area contributed by atoms with Gasteiger partial charge in [-0.05, 0) is 51.4 Å². The summed E-state index contributed by atoms with van der Waals surface area (Å²) in [6.07, 6.45) is 8.48. The standard InChI is InChI=1S/C14H23N/c1-11-9-14(2)13-6-4-3-5-12(13)7-8-15(14)10-11/h11H,3-10H2,1-2H3/t11-,14+/m0/s1. The lowest BCUT2D eigenvalue weighted by Crippen LogP contribution is -2.47. The van der Waals surface area contributed by atoms with Crippen molar-refractivity contribution in [2.75, 3.05) is 13.1 Å². The minimum Gasteiger partial charge on any atom is -0.294 e. The van der Waals surface area contributed by atoms with Crippen molar-refractivity contribution in [2.24, 2.45) is 5.92 Å². The van der Waals surface area contributed by atoms with E-state index in [1.54, 1.807) is 0 Å². The van der Waals surface area contributed by atoms with Crippen molar-refractivity contribution in [1.82, 2.24) is 4.90 Å². The zero-order chi connectivity index (χ0) is 10.5. The molecular formula is C14H23N. The smallest absolute Gasteiger partial charge is 0.0398 e. The Morgan fingerprint density at radius 3 is 2.87 bits per heavy atom. The molecule has 0 saturated carbocycles. The van der Waals surface area contributed by atoms with Crippen molar-refractivity contribution in [3.05, 3.63) is 11.1 Å². The van der Waals surface area contributed by atoms with Gasteiger partial charge >= 0.3 is 0 Å². The molecule has 0 aromatic rings. The van der Waals surface area contributed by atoms with Crippen LogP contribution in [0.5, 0.6) is 0 Å². The SMILES string of the molecule is C[C@@H]1CN2CCC3=C(CCCC3)[C@@]2(C)C1. The predicted molar refractivity (Wildman–Crippen MR) is 63.9 cm³/mol. The van der Waals surface area contributed by atoms with Gasteiger partial charge in [0.15, 0.2) is 0 Å². The van der Waals surface area contributed by atoms with Gasteiger partial charge in [0.25, 0.3) is 0 Å². The Morgan fingerprint density at radius 2 is 2.00 bits per heavy atom. The Morgan fingerprint density at radius 1 is 1.20 bits per heavy atom. The highest BCUT2D eigenvalue weighted by atomic mass is 15.2. The van der Waals surface area contributed by atoms with Crippen LogP contribution in [0.25, 0.3) is 0 Å². The summed E-state index contributed by atoms with van der Waals surface area (Å²) in [6.45, 7) is 7.61. The summed E-state index contributed by atoms with van der Waals surface area (Å²) in [5.41, 5.74) is 4.16. The van der Waals surface area contributed by atoms with Crippen molar-refractivity contribution in [2.45, 2.75) is 57.9 Å². The van der Waals surface area contributed by atoms with Crippen molar-refractivity contribution in [3.63, 3.8) is 0 Å². The Hall–Kier alpha value is -0.300. The quantitative estimate of drug-likeness (QED) is 0.548. The van der Waals surface area contributed by atoms with Crippen LogP contribution in [0.1, 0.15) is 52.4 Å². The molecule has 2 heterocycles. The van der Waals surface area contributed by atoms with Gasteiger partial charge in [-0.1, -0.05) is 18.1 Å². The molecule has 1 nitrogen and oxygen atoms in total. The molecule has 0 amide bonds. The topological polar surface area (TPSA) is 3.24 Å². The van der Waals surface area contributed by atoms with Crippen LogP contribution < -0.4 is 0 Å². The van der Waals surface area contributed by atoms with E-state index in [9.17, 15) is 0 Å². The average Bonchev–Trinajstić information content (AvgIpc) is 2.53. The highest BCUT2D eigenvalue weighted by Crippen LogP contribution is 2.47. The summed E-state index contributed by atoms with van der Waals surface area (Å²) < 4.78 is 0. The highest BCUT2D eigenvalue weighted by molar-refractivity contribution is 5.32. The largest absolute Gasteiger partial charge is 0.294 e. The third-order valence-electron chi connectivity index (χ3n) is 4.89. The molecule has 0 aromatic carbocycles. The molecule has 2 aliphatic heterocycles. The molecule has 3 aliphatic rings. The molecule has 1 aliphatic carbocycles. The molecule has 1 saturated heterocycles. The second kappa shape index (κ2) is 3.35. The van der Waals surface area contributed by atoms with Gasteiger partial charge in [0.05, 0.1) is 0 Å². The second-order valence-corrected chi connectivity index (χ2v) is 6.07. The lowest BCUT2D eigenvalue weighted by atomic mass is 9.74. The molecule has 0 aromatic heterocycles. The van der Waals surface area contributed by atoms with Crippen LogP contribution in [0.15, 0.2) is 11.1 Å². The molecule has 3 rings (SSSR count).